The molecule has 1 aliphatic heterocycles. The first-order valence-electron chi connectivity index (χ1n) is 7.27. The number of amides is 2. The van der Waals surface area contributed by atoms with Crippen LogP contribution >= 0.6 is 0 Å². The molecule has 0 fully saturated rings. The normalized spacial score (nSPS) is 13.6. The summed E-state index contributed by atoms with van der Waals surface area (Å²) in [6, 6.07) is 5.32. The Labute approximate surface area is 140 Å². The number of phenols is 2. The van der Waals surface area contributed by atoms with E-state index in [0.29, 0.717) is 5.56 Å². The van der Waals surface area contributed by atoms with Crippen LogP contribution in [-0.4, -0.2) is 36.9 Å². The summed E-state index contributed by atoms with van der Waals surface area (Å²) in [6.07, 6.45) is 2.41. The number of benzene rings is 2. The van der Waals surface area contributed by atoms with Gasteiger partial charge in [0.2, 0.25) is 0 Å². The zero-order valence-electron chi connectivity index (χ0n) is 12.6. The van der Waals surface area contributed by atoms with Crippen molar-refractivity contribution in [1.29, 1.82) is 0 Å². The lowest BCUT2D eigenvalue weighted by atomic mass is 10.0. The van der Waals surface area contributed by atoms with Crippen molar-refractivity contribution in [1.82, 2.24) is 14.9 Å². The van der Waals surface area contributed by atoms with Crippen molar-refractivity contribution >= 4 is 22.7 Å². The van der Waals surface area contributed by atoms with Crippen LogP contribution in [0.2, 0.25) is 0 Å². The fourth-order valence-corrected chi connectivity index (χ4v) is 2.88. The van der Waals surface area contributed by atoms with Gasteiger partial charge in [-0.05, 0) is 17.7 Å². The maximum Gasteiger partial charge on any atom is 0.265 e. The van der Waals surface area contributed by atoms with E-state index in [1.165, 1.54) is 30.5 Å². The number of rotatable bonds is 2. The number of carbonyl (C=O) groups is 2. The van der Waals surface area contributed by atoms with Gasteiger partial charge in [-0.2, -0.15) is 0 Å². The molecule has 0 radical (unpaired) electrons. The quantitative estimate of drug-likeness (QED) is 0.546. The van der Waals surface area contributed by atoms with Crippen LogP contribution in [0.15, 0.2) is 36.8 Å². The van der Waals surface area contributed by atoms with E-state index in [4.69, 9.17) is 0 Å². The van der Waals surface area contributed by atoms with Gasteiger partial charge < -0.3 is 10.2 Å². The van der Waals surface area contributed by atoms with E-state index in [9.17, 15) is 24.2 Å². The fraction of sp³-hybridized carbons (Fsp3) is 0.0588. The zero-order chi connectivity index (χ0) is 17.7. The lowest BCUT2D eigenvalue weighted by Gasteiger charge is -2.13. The van der Waals surface area contributed by atoms with Crippen LogP contribution in [0.25, 0.3) is 10.9 Å². The molecule has 0 aliphatic carbocycles. The topological polar surface area (TPSA) is 104 Å². The monoisotopic (exact) mass is 339 g/mol. The zero-order valence-corrected chi connectivity index (χ0v) is 12.6. The summed E-state index contributed by atoms with van der Waals surface area (Å²) in [5.41, 5.74) is -0.0713. The van der Waals surface area contributed by atoms with E-state index < -0.39 is 29.1 Å². The van der Waals surface area contributed by atoms with Gasteiger partial charge in [0.05, 0.1) is 17.5 Å². The average molecular weight is 339 g/mol. The van der Waals surface area contributed by atoms with Gasteiger partial charge in [0.25, 0.3) is 11.8 Å². The maximum atomic E-state index is 13.0. The Balaban J connectivity index is 1.84. The van der Waals surface area contributed by atoms with Crippen molar-refractivity contribution in [3.8, 4) is 11.5 Å². The first-order valence-corrected chi connectivity index (χ1v) is 7.27. The van der Waals surface area contributed by atoms with E-state index in [2.05, 4.69) is 9.97 Å². The summed E-state index contributed by atoms with van der Waals surface area (Å²) >= 11 is 0. The van der Waals surface area contributed by atoms with Crippen LogP contribution in [-0.2, 0) is 6.54 Å². The molecule has 2 amide bonds. The second-order valence-electron chi connectivity index (χ2n) is 5.56. The van der Waals surface area contributed by atoms with Crippen LogP contribution in [0.1, 0.15) is 26.3 Å². The fourth-order valence-electron chi connectivity index (χ4n) is 2.88. The molecule has 25 heavy (non-hydrogen) atoms. The number of hydrogen-bond donors (Lipinski definition) is 2. The van der Waals surface area contributed by atoms with Gasteiger partial charge in [-0.25, -0.2) is 14.4 Å². The minimum absolute atomic E-state index is 0.0176. The number of aromatic hydroxyl groups is 2. The second kappa shape index (κ2) is 5.23. The van der Waals surface area contributed by atoms with E-state index in [-0.39, 0.29) is 28.6 Å². The Morgan fingerprint density at radius 3 is 2.32 bits per heavy atom. The number of phenolic OH excluding ortho intramolecular Hbond substituents is 2. The van der Waals surface area contributed by atoms with Crippen molar-refractivity contribution in [3.05, 3.63) is 59.3 Å². The summed E-state index contributed by atoms with van der Waals surface area (Å²) < 4.78 is 13.0. The molecule has 2 heterocycles. The van der Waals surface area contributed by atoms with E-state index in [1.807, 2.05) is 0 Å². The van der Waals surface area contributed by atoms with Gasteiger partial charge in [-0.1, -0.05) is 12.1 Å². The number of fused-ring (bicyclic) bond motifs is 2. The molecular weight excluding hydrogens is 329 g/mol. The van der Waals surface area contributed by atoms with Gasteiger partial charge in [0, 0.05) is 6.20 Å². The number of carbonyl (C=O) groups excluding carboxylic acids is 2. The molecular formula is C17H10FN3O4. The summed E-state index contributed by atoms with van der Waals surface area (Å²) in [5.74, 6) is -2.87. The standard InChI is InChI=1S/C17H10FN3O4/c18-9-3-1-8(2-4-9)6-21-16(24)11-12(17(21)25)15(23)13-10(14(11)22)5-19-7-20-13/h1-5,7,22-23H,6H2. The molecule has 1 aromatic heterocycles. The second-order valence-corrected chi connectivity index (χ2v) is 5.56. The van der Waals surface area contributed by atoms with Crippen molar-refractivity contribution in [2.24, 2.45) is 0 Å². The third-order valence-corrected chi connectivity index (χ3v) is 4.09. The van der Waals surface area contributed by atoms with Crippen LogP contribution in [0.5, 0.6) is 11.5 Å². The lowest BCUT2D eigenvalue weighted by molar-refractivity contribution is 0.0641. The first kappa shape index (κ1) is 15.0. The van der Waals surface area contributed by atoms with Crippen molar-refractivity contribution in [2.75, 3.05) is 0 Å². The predicted octanol–water partition coefficient (Wildman–Crippen LogP) is 1.98. The van der Waals surface area contributed by atoms with Gasteiger partial charge in [-0.15, -0.1) is 0 Å². The molecule has 3 aromatic rings. The molecule has 0 unspecified atom stereocenters. The summed E-state index contributed by atoms with van der Waals surface area (Å²) in [4.78, 5) is 33.7. The van der Waals surface area contributed by atoms with Gasteiger partial charge >= 0.3 is 0 Å². The summed E-state index contributed by atoms with van der Waals surface area (Å²) in [5, 5.41) is 20.8. The number of halogens is 1. The molecule has 1 aliphatic rings. The van der Waals surface area contributed by atoms with E-state index >= 15 is 0 Å². The Hall–Kier alpha value is -3.55. The molecule has 2 N–H and O–H groups in total. The minimum Gasteiger partial charge on any atom is -0.506 e. The van der Waals surface area contributed by atoms with Crippen LogP contribution in [0.4, 0.5) is 4.39 Å². The Kier molecular flexibility index (Phi) is 3.14. The first-order chi connectivity index (χ1) is 12.0. The minimum atomic E-state index is -0.752. The molecule has 0 atom stereocenters. The molecule has 0 saturated carbocycles. The van der Waals surface area contributed by atoms with Gasteiger partial charge in [0.15, 0.2) is 5.75 Å². The molecule has 4 rings (SSSR count). The third kappa shape index (κ3) is 2.11. The highest BCUT2D eigenvalue weighted by Crippen LogP contribution is 2.42. The summed E-state index contributed by atoms with van der Waals surface area (Å²) in [6.45, 7) is -0.118. The smallest absolute Gasteiger partial charge is 0.265 e. The average Bonchev–Trinajstić information content (AvgIpc) is 2.86. The SMILES string of the molecule is O=C1c2c(c(O)c3ncncc3c2O)C(=O)N1Cc1ccc(F)cc1. The Bertz CT molecular complexity index is 989. The highest BCUT2D eigenvalue weighted by molar-refractivity contribution is 6.26. The highest BCUT2D eigenvalue weighted by Gasteiger charge is 2.42. The Morgan fingerprint density at radius 2 is 1.64 bits per heavy atom. The van der Waals surface area contributed by atoms with Crippen LogP contribution in [0.3, 0.4) is 0 Å². The van der Waals surface area contributed by atoms with Gasteiger partial charge in [-0.3, -0.25) is 14.5 Å². The number of hydrogen-bond acceptors (Lipinski definition) is 6. The number of aromatic nitrogens is 2. The van der Waals surface area contributed by atoms with Crippen LogP contribution in [0, 0.1) is 5.82 Å². The molecule has 8 heteroatoms. The molecule has 0 spiro atoms. The van der Waals surface area contributed by atoms with Crippen molar-refractivity contribution in [3.63, 3.8) is 0 Å². The Morgan fingerprint density at radius 1 is 1.00 bits per heavy atom. The molecule has 124 valence electrons. The van der Waals surface area contributed by atoms with Crippen molar-refractivity contribution in [2.45, 2.75) is 6.54 Å². The maximum absolute atomic E-state index is 13.0. The number of imide groups is 1. The summed E-state index contributed by atoms with van der Waals surface area (Å²) in [7, 11) is 0. The largest absolute Gasteiger partial charge is 0.506 e. The third-order valence-electron chi connectivity index (χ3n) is 4.09. The van der Waals surface area contributed by atoms with Gasteiger partial charge in [0.1, 0.15) is 29.0 Å². The molecule has 0 bridgehead atoms. The van der Waals surface area contributed by atoms with Crippen LogP contribution < -0.4 is 0 Å². The molecule has 7 nitrogen and oxygen atoms in total. The predicted molar refractivity (Wildman–Crippen MR) is 83.5 cm³/mol. The molecule has 2 aromatic carbocycles. The van der Waals surface area contributed by atoms with E-state index in [0.717, 1.165) is 11.2 Å². The van der Waals surface area contributed by atoms with E-state index in [1.54, 1.807) is 0 Å². The number of nitrogens with zero attached hydrogens (tertiary/aromatic N) is 3. The lowest BCUT2D eigenvalue weighted by Crippen LogP contribution is -2.29. The van der Waals surface area contributed by atoms with Crippen molar-refractivity contribution < 1.29 is 24.2 Å². The molecule has 0 saturated heterocycles. The highest BCUT2D eigenvalue weighted by atomic mass is 19.1.